The SMILES string of the molecule is CCCCCCCCCCCCC(=O)OC(COCCCCCCCCCC)COP(=O)([O-])OCC[N+](C)(C)C. The van der Waals surface area contributed by atoms with E-state index in [0.717, 1.165) is 32.1 Å². The van der Waals surface area contributed by atoms with Gasteiger partial charge in [0.2, 0.25) is 0 Å². The van der Waals surface area contributed by atoms with E-state index in [9.17, 15) is 14.3 Å². The first kappa shape index (κ1) is 39.5. The van der Waals surface area contributed by atoms with Gasteiger partial charge in [0.15, 0.2) is 0 Å². The minimum absolute atomic E-state index is 0.0302. The molecule has 0 aromatic heterocycles. The number of ether oxygens (including phenoxy) is 2. The van der Waals surface area contributed by atoms with Crippen molar-refractivity contribution in [3.05, 3.63) is 0 Å². The predicted molar refractivity (Wildman–Crippen MR) is 162 cm³/mol. The van der Waals surface area contributed by atoms with Crippen LogP contribution in [0, 0.1) is 0 Å². The molecule has 0 aliphatic heterocycles. The van der Waals surface area contributed by atoms with Crippen molar-refractivity contribution >= 4 is 13.8 Å². The molecule has 9 heteroatoms. The van der Waals surface area contributed by atoms with Crippen LogP contribution in [0.5, 0.6) is 0 Å². The Bertz CT molecular complexity index is 627. The minimum Gasteiger partial charge on any atom is -0.756 e. The fourth-order valence-electron chi connectivity index (χ4n) is 4.31. The van der Waals surface area contributed by atoms with Crippen molar-refractivity contribution in [2.24, 2.45) is 0 Å². The van der Waals surface area contributed by atoms with Crippen molar-refractivity contribution in [1.82, 2.24) is 0 Å². The molecule has 0 radical (unpaired) electrons. The number of phosphoric ester groups is 1. The van der Waals surface area contributed by atoms with Crippen molar-refractivity contribution in [2.45, 2.75) is 142 Å². The third-order valence-corrected chi connectivity index (χ3v) is 7.87. The van der Waals surface area contributed by atoms with Crippen molar-refractivity contribution in [3.8, 4) is 0 Å². The monoisotopic (exact) mass is 593 g/mol. The van der Waals surface area contributed by atoms with Crippen LogP contribution in [0.25, 0.3) is 0 Å². The normalized spacial score (nSPS) is 14.2. The molecule has 0 spiro atoms. The highest BCUT2D eigenvalue weighted by atomic mass is 31.2. The average molecular weight is 594 g/mol. The molecule has 0 saturated heterocycles. The van der Waals surface area contributed by atoms with E-state index in [-0.39, 0.29) is 25.8 Å². The minimum atomic E-state index is -4.49. The summed E-state index contributed by atoms with van der Waals surface area (Å²) in [6, 6.07) is 0. The summed E-state index contributed by atoms with van der Waals surface area (Å²) in [5.41, 5.74) is 0. The molecule has 8 nitrogen and oxygen atoms in total. The van der Waals surface area contributed by atoms with Gasteiger partial charge >= 0.3 is 5.97 Å². The second kappa shape index (κ2) is 26.2. The first-order chi connectivity index (χ1) is 19.1. The number of carbonyl (C=O) groups excluding carboxylic acids is 1. The first-order valence-electron chi connectivity index (χ1n) is 16.3. The molecular weight excluding hydrogens is 529 g/mol. The van der Waals surface area contributed by atoms with Crippen LogP contribution < -0.4 is 4.89 Å². The van der Waals surface area contributed by atoms with Gasteiger partial charge in [-0.25, -0.2) is 0 Å². The Balaban J connectivity index is 4.36. The molecule has 40 heavy (non-hydrogen) atoms. The van der Waals surface area contributed by atoms with Gasteiger partial charge in [0.1, 0.15) is 19.3 Å². The van der Waals surface area contributed by atoms with E-state index in [4.69, 9.17) is 18.5 Å². The maximum absolute atomic E-state index is 12.5. The smallest absolute Gasteiger partial charge is 0.306 e. The quantitative estimate of drug-likeness (QED) is 0.0367. The molecule has 2 unspecified atom stereocenters. The van der Waals surface area contributed by atoms with Crippen LogP contribution in [0.4, 0.5) is 0 Å². The van der Waals surface area contributed by atoms with E-state index in [0.29, 0.717) is 24.1 Å². The summed E-state index contributed by atoms with van der Waals surface area (Å²) >= 11 is 0. The van der Waals surface area contributed by atoms with E-state index >= 15 is 0 Å². The van der Waals surface area contributed by atoms with Gasteiger partial charge in [-0.15, -0.1) is 0 Å². The predicted octanol–water partition coefficient (Wildman–Crippen LogP) is 7.57. The second-order valence-electron chi connectivity index (χ2n) is 12.2. The van der Waals surface area contributed by atoms with Crippen molar-refractivity contribution in [2.75, 3.05) is 54.1 Å². The van der Waals surface area contributed by atoms with E-state index in [1.165, 1.54) is 83.5 Å². The first-order valence-corrected chi connectivity index (χ1v) is 17.7. The summed E-state index contributed by atoms with van der Waals surface area (Å²) in [7, 11) is 1.36. The van der Waals surface area contributed by atoms with Crippen molar-refractivity contribution < 1.29 is 37.3 Å². The zero-order valence-corrected chi connectivity index (χ0v) is 27.7. The van der Waals surface area contributed by atoms with Crippen LogP contribution in [0.1, 0.15) is 136 Å². The lowest BCUT2D eigenvalue weighted by Crippen LogP contribution is -2.37. The number of likely N-dealkylation sites (N-methyl/N-ethyl adjacent to an activating group) is 1. The number of carbonyl (C=O) groups is 1. The molecule has 2 atom stereocenters. The summed E-state index contributed by atoms with van der Waals surface area (Å²) < 4.78 is 34.2. The molecule has 0 aliphatic rings. The molecule has 0 rings (SSSR count). The zero-order chi connectivity index (χ0) is 30.0. The van der Waals surface area contributed by atoms with E-state index < -0.39 is 13.9 Å². The summed E-state index contributed by atoms with van der Waals surface area (Å²) in [6.07, 6.45) is 21.1. The average Bonchev–Trinajstić information content (AvgIpc) is 2.88. The molecule has 0 heterocycles. The molecule has 0 aliphatic carbocycles. The number of unbranched alkanes of at least 4 members (excludes halogenated alkanes) is 16. The Labute approximate surface area is 247 Å². The maximum Gasteiger partial charge on any atom is 0.306 e. The Morgan fingerprint density at radius 1 is 0.675 bits per heavy atom. The molecule has 0 N–H and O–H groups in total. The molecule has 0 saturated carbocycles. The third-order valence-electron chi connectivity index (χ3n) is 6.91. The van der Waals surface area contributed by atoms with Crippen LogP contribution in [0.15, 0.2) is 0 Å². The second-order valence-corrected chi connectivity index (χ2v) is 13.6. The van der Waals surface area contributed by atoms with Gasteiger partial charge in [0.25, 0.3) is 7.82 Å². The molecular formula is C31H64NO7P. The molecule has 0 fully saturated rings. The fourth-order valence-corrected chi connectivity index (χ4v) is 5.04. The molecule has 0 amide bonds. The topological polar surface area (TPSA) is 94.1 Å². The lowest BCUT2D eigenvalue weighted by atomic mass is 10.1. The highest BCUT2D eigenvalue weighted by Crippen LogP contribution is 2.38. The highest BCUT2D eigenvalue weighted by Gasteiger charge is 2.20. The number of hydrogen-bond acceptors (Lipinski definition) is 7. The maximum atomic E-state index is 12.5. The third kappa shape index (κ3) is 29.0. The molecule has 0 bridgehead atoms. The molecule has 0 aromatic carbocycles. The fraction of sp³-hybridized carbons (Fsp3) is 0.968. The van der Waals surface area contributed by atoms with Crippen LogP contribution in [-0.4, -0.2) is 70.7 Å². The van der Waals surface area contributed by atoms with E-state index in [1.54, 1.807) is 0 Å². The van der Waals surface area contributed by atoms with Gasteiger partial charge in [-0.05, 0) is 12.8 Å². The lowest BCUT2D eigenvalue weighted by Gasteiger charge is -2.28. The summed E-state index contributed by atoms with van der Waals surface area (Å²) in [6.45, 7) is 5.37. The zero-order valence-electron chi connectivity index (χ0n) is 26.8. The number of quaternary nitrogens is 1. The van der Waals surface area contributed by atoms with Crippen molar-refractivity contribution in [1.29, 1.82) is 0 Å². The Morgan fingerprint density at radius 2 is 1.15 bits per heavy atom. The molecule has 0 aromatic rings. The Morgan fingerprint density at radius 3 is 1.65 bits per heavy atom. The van der Waals surface area contributed by atoms with E-state index in [1.807, 2.05) is 21.1 Å². The Kier molecular flexibility index (Phi) is 25.8. The number of hydrogen-bond donors (Lipinski definition) is 0. The van der Waals surface area contributed by atoms with Gasteiger partial charge in [-0.3, -0.25) is 9.36 Å². The van der Waals surface area contributed by atoms with Crippen LogP contribution >= 0.6 is 7.82 Å². The Hall–Kier alpha value is -0.500. The summed E-state index contributed by atoms with van der Waals surface area (Å²) in [4.78, 5) is 24.7. The van der Waals surface area contributed by atoms with E-state index in [2.05, 4.69) is 13.8 Å². The molecule has 240 valence electrons. The summed E-state index contributed by atoms with van der Waals surface area (Å²) in [5.74, 6) is -0.337. The van der Waals surface area contributed by atoms with Gasteiger partial charge in [0, 0.05) is 13.0 Å². The lowest BCUT2D eigenvalue weighted by molar-refractivity contribution is -0.870. The van der Waals surface area contributed by atoms with Crippen molar-refractivity contribution in [3.63, 3.8) is 0 Å². The van der Waals surface area contributed by atoms with Gasteiger partial charge in [-0.2, -0.15) is 0 Å². The van der Waals surface area contributed by atoms with Crippen LogP contribution in [0.3, 0.4) is 0 Å². The number of rotatable bonds is 30. The number of esters is 1. The van der Waals surface area contributed by atoms with Gasteiger partial charge < -0.3 is 27.9 Å². The number of nitrogens with zero attached hydrogens (tertiary/aromatic N) is 1. The van der Waals surface area contributed by atoms with Crippen LogP contribution in [0.2, 0.25) is 0 Å². The standard InChI is InChI=1S/C31H64NO7P/c1-6-8-10-12-14-16-17-18-20-22-24-31(33)39-30(28-36-26-23-21-19-15-13-11-9-7-2)29-38-40(34,35)37-27-25-32(3,4)5/h30H,6-29H2,1-5H3. The largest absolute Gasteiger partial charge is 0.756 e. The summed E-state index contributed by atoms with van der Waals surface area (Å²) in [5, 5.41) is 0. The van der Waals surface area contributed by atoms with Gasteiger partial charge in [0.05, 0.1) is 34.4 Å². The number of phosphoric acid groups is 1. The highest BCUT2D eigenvalue weighted by molar-refractivity contribution is 7.45. The van der Waals surface area contributed by atoms with Crippen LogP contribution in [-0.2, 0) is 27.9 Å². The van der Waals surface area contributed by atoms with Gasteiger partial charge in [-0.1, -0.05) is 117 Å².